The first kappa shape index (κ1) is 18.0. The van der Waals surface area contributed by atoms with Crippen molar-refractivity contribution in [3.63, 3.8) is 0 Å². The van der Waals surface area contributed by atoms with E-state index in [0.29, 0.717) is 0 Å². The number of methoxy groups -OCH3 is 1. The summed E-state index contributed by atoms with van der Waals surface area (Å²) in [5, 5.41) is 13.4. The van der Waals surface area contributed by atoms with Gasteiger partial charge in [-0.2, -0.15) is 5.26 Å². The number of ether oxygens (including phenoxy) is 1. The first-order valence-electron chi connectivity index (χ1n) is 8.57. The van der Waals surface area contributed by atoms with E-state index in [1.807, 2.05) is 49.4 Å². The molecule has 0 aromatic heterocycles. The van der Waals surface area contributed by atoms with E-state index >= 15 is 0 Å². The number of anilines is 2. The number of hydrogen-bond acceptors (Lipinski definition) is 4. The number of benzene rings is 2. The van der Waals surface area contributed by atoms with Crippen molar-refractivity contribution in [2.24, 2.45) is 0 Å². The van der Waals surface area contributed by atoms with Gasteiger partial charge in [0.25, 0.3) is 0 Å². The first-order chi connectivity index (χ1) is 12.6. The molecule has 1 saturated heterocycles. The lowest BCUT2D eigenvalue weighted by Gasteiger charge is -2.37. The Morgan fingerprint density at radius 2 is 1.88 bits per heavy atom. The molecule has 0 radical (unpaired) electrons. The lowest BCUT2D eigenvalue weighted by Crippen LogP contribution is -2.50. The molecule has 0 amide bonds. The minimum atomic E-state index is 0.718. The van der Waals surface area contributed by atoms with Gasteiger partial charge < -0.3 is 19.9 Å². The molecule has 3 rings (SSSR count). The third-order valence-corrected chi connectivity index (χ3v) is 4.97. The van der Waals surface area contributed by atoms with Crippen LogP contribution in [0, 0.1) is 18.3 Å². The maximum Gasteiger partial charge on any atom is 0.173 e. The van der Waals surface area contributed by atoms with Gasteiger partial charge in [0.05, 0.1) is 18.4 Å². The first-order valence-corrected chi connectivity index (χ1v) is 8.98. The highest BCUT2D eigenvalue weighted by molar-refractivity contribution is 7.80. The van der Waals surface area contributed by atoms with Crippen LogP contribution < -0.4 is 15.0 Å². The van der Waals surface area contributed by atoms with Crippen molar-refractivity contribution in [1.82, 2.24) is 4.90 Å². The van der Waals surface area contributed by atoms with E-state index in [1.54, 1.807) is 7.11 Å². The molecule has 1 aliphatic rings. The molecule has 5 nitrogen and oxygen atoms in total. The summed E-state index contributed by atoms with van der Waals surface area (Å²) in [7, 11) is 1.66. The van der Waals surface area contributed by atoms with E-state index in [4.69, 9.17) is 17.0 Å². The largest absolute Gasteiger partial charge is 0.497 e. The van der Waals surface area contributed by atoms with Crippen molar-refractivity contribution < 1.29 is 4.74 Å². The second-order valence-corrected chi connectivity index (χ2v) is 6.60. The van der Waals surface area contributed by atoms with Crippen molar-refractivity contribution in [2.45, 2.75) is 6.92 Å². The van der Waals surface area contributed by atoms with Crippen LogP contribution in [0.25, 0.3) is 0 Å². The van der Waals surface area contributed by atoms with E-state index in [9.17, 15) is 5.26 Å². The van der Waals surface area contributed by atoms with Crippen LogP contribution >= 0.6 is 12.2 Å². The molecule has 0 atom stereocenters. The highest BCUT2D eigenvalue weighted by Crippen LogP contribution is 2.23. The minimum absolute atomic E-state index is 0.718. The monoisotopic (exact) mass is 366 g/mol. The summed E-state index contributed by atoms with van der Waals surface area (Å²) in [6, 6.07) is 15.9. The molecule has 26 heavy (non-hydrogen) atoms. The molecule has 1 fully saturated rings. The summed E-state index contributed by atoms with van der Waals surface area (Å²) in [5.41, 5.74) is 3.80. The van der Waals surface area contributed by atoms with Gasteiger partial charge in [-0.1, -0.05) is 12.1 Å². The standard InChI is InChI=1S/C20H22N4OS/c1-15-13-17(25-2)7-8-18(15)22-20(26)24-11-9-23(10-12-24)19-6-4-3-5-16(19)14-21/h3-8,13H,9-12H2,1-2H3,(H,22,26). The van der Waals surface area contributed by atoms with Gasteiger partial charge in [-0.05, 0) is 55.0 Å². The fourth-order valence-electron chi connectivity index (χ4n) is 3.09. The Morgan fingerprint density at radius 1 is 1.15 bits per heavy atom. The van der Waals surface area contributed by atoms with Crippen LogP contribution in [0.4, 0.5) is 11.4 Å². The number of para-hydroxylation sites is 1. The number of rotatable bonds is 3. The average molecular weight is 366 g/mol. The molecule has 0 saturated carbocycles. The van der Waals surface area contributed by atoms with Crippen molar-refractivity contribution in [1.29, 1.82) is 5.26 Å². The third kappa shape index (κ3) is 3.89. The van der Waals surface area contributed by atoms with Gasteiger partial charge >= 0.3 is 0 Å². The molecule has 1 N–H and O–H groups in total. The fraction of sp³-hybridized carbons (Fsp3) is 0.300. The SMILES string of the molecule is COc1ccc(NC(=S)N2CCN(c3ccccc3C#N)CC2)c(C)c1. The van der Waals surface area contributed by atoms with Crippen molar-refractivity contribution in [3.8, 4) is 11.8 Å². The van der Waals surface area contributed by atoms with Crippen LogP contribution in [0.2, 0.25) is 0 Å². The topological polar surface area (TPSA) is 51.5 Å². The summed E-state index contributed by atoms with van der Waals surface area (Å²) in [6.45, 7) is 5.34. The normalized spacial score (nSPS) is 13.9. The second-order valence-electron chi connectivity index (χ2n) is 6.21. The highest BCUT2D eigenvalue weighted by Gasteiger charge is 2.21. The molecular formula is C20H22N4OS. The van der Waals surface area contributed by atoms with E-state index < -0.39 is 0 Å². The molecule has 2 aromatic carbocycles. The highest BCUT2D eigenvalue weighted by atomic mass is 32.1. The smallest absolute Gasteiger partial charge is 0.173 e. The molecule has 0 unspecified atom stereocenters. The predicted molar refractivity (Wildman–Crippen MR) is 109 cm³/mol. The summed E-state index contributed by atoms with van der Waals surface area (Å²) in [5.74, 6) is 0.837. The molecule has 0 bridgehead atoms. The van der Waals surface area contributed by atoms with Gasteiger partial charge in [-0.25, -0.2) is 0 Å². The molecule has 1 aliphatic heterocycles. The lowest BCUT2D eigenvalue weighted by molar-refractivity contribution is 0.391. The number of nitrogens with one attached hydrogen (secondary N) is 1. The van der Waals surface area contributed by atoms with Gasteiger partial charge in [0.15, 0.2) is 5.11 Å². The quantitative estimate of drug-likeness (QED) is 0.841. The maximum atomic E-state index is 9.29. The molecule has 2 aromatic rings. The van der Waals surface area contributed by atoms with Crippen LogP contribution in [-0.4, -0.2) is 43.3 Å². The second kappa shape index (κ2) is 8.07. The molecular weight excluding hydrogens is 344 g/mol. The summed E-state index contributed by atoms with van der Waals surface area (Å²) in [6.07, 6.45) is 0. The van der Waals surface area contributed by atoms with Gasteiger partial charge in [0.2, 0.25) is 0 Å². The Bertz CT molecular complexity index is 838. The van der Waals surface area contributed by atoms with Crippen LogP contribution in [0.5, 0.6) is 5.75 Å². The Kier molecular flexibility index (Phi) is 5.59. The van der Waals surface area contributed by atoms with Gasteiger partial charge in [0.1, 0.15) is 11.8 Å². The maximum absolute atomic E-state index is 9.29. The summed E-state index contributed by atoms with van der Waals surface area (Å²) >= 11 is 5.59. The Balaban J connectivity index is 1.61. The van der Waals surface area contributed by atoms with Gasteiger partial charge in [-0.15, -0.1) is 0 Å². The number of nitrogens with zero attached hydrogens (tertiary/aromatic N) is 3. The minimum Gasteiger partial charge on any atom is -0.497 e. The van der Waals surface area contributed by atoms with Gasteiger partial charge in [0, 0.05) is 31.9 Å². The average Bonchev–Trinajstić information content (AvgIpc) is 2.69. The van der Waals surface area contributed by atoms with Gasteiger partial charge in [-0.3, -0.25) is 0 Å². The Morgan fingerprint density at radius 3 is 2.54 bits per heavy atom. The molecule has 134 valence electrons. The van der Waals surface area contributed by atoms with E-state index in [-0.39, 0.29) is 0 Å². The zero-order valence-corrected chi connectivity index (χ0v) is 15.8. The summed E-state index contributed by atoms with van der Waals surface area (Å²) in [4.78, 5) is 4.42. The Labute approximate surface area is 159 Å². The number of hydrogen-bond donors (Lipinski definition) is 1. The molecule has 0 aliphatic carbocycles. The molecule has 0 spiro atoms. The van der Waals surface area contributed by atoms with Crippen molar-refractivity contribution >= 4 is 28.7 Å². The van der Waals surface area contributed by atoms with Crippen LogP contribution in [0.3, 0.4) is 0 Å². The Hall–Kier alpha value is -2.78. The zero-order valence-electron chi connectivity index (χ0n) is 15.0. The van der Waals surface area contributed by atoms with Crippen LogP contribution in [0.15, 0.2) is 42.5 Å². The van der Waals surface area contributed by atoms with E-state index in [1.165, 1.54) is 0 Å². The van der Waals surface area contributed by atoms with Crippen LogP contribution in [0.1, 0.15) is 11.1 Å². The van der Waals surface area contributed by atoms with Crippen molar-refractivity contribution in [2.75, 3.05) is 43.5 Å². The third-order valence-electron chi connectivity index (χ3n) is 4.61. The summed E-state index contributed by atoms with van der Waals surface area (Å²) < 4.78 is 5.24. The zero-order chi connectivity index (χ0) is 18.5. The van der Waals surface area contributed by atoms with E-state index in [2.05, 4.69) is 21.2 Å². The number of nitriles is 1. The van der Waals surface area contributed by atoms with Crippen LogP contribution in [-0.2, 0) is 0 Å². The number of piperazine rings is 1. The van der Waals surface area contributed by atoms with E-state index in [0.717, 1.165) is 59.5 Å². The number of aryl methyl sites for hydroxylation is 1. The molecule has 1 heterocycles. The molecule has 6 heteroatoms. The predicted octanol–water partition coefficient (Wildman–Crippen LogP) is 3.39. The fourth-order valence-corrected chi connectivity index (χ4v) is 3.38. The van der Waals surface area contributed by atoms with Crippen molar-refractivity contribution in [3.05, 3.63) is 53.6 Å². The number of thiocarbonyl (C=S) groups is 1. The lowest BCUT2D eigenvalue weighted by atomic mass is 10.1.